The molecule has 3 amide bonds. The van der Waals surface area contributed by atoms with E-state index in [4.69, 9.17) is 4.74 Å². The van der Waals surface area contributed by atoms with E-state index in [9.17, 15) is 14.4 Å². The number of amides is 3. The Labute approximate surface area is 205 Å². The lowest BCUT2D eigenvalue weighted by atomic mass is 10.0. The Bertz CT molecular complexity index is 1130. The lowest BCUT2D eigenvalue weighted by Gasteiger charge is -2.46. The fraction of sp³-hybridized carbons (Fsp3) is 0.423. The van der Waals surface area contributed by atoms with Crippen LogP contribution in [0.25, 0.3) is 0 Å². The molecule has 2 aromatic rings. The predicted octanol–water partition coefficient (Wildman–Crippen LogP) is 1.97. The molecule has 35 heavy (non-hydrogen) atoms. The highest BCUT2D eigenvalue weighted by Crippen LogP contribution is 2.34. The Hall–Kier alpha value is -3.43. The average molecular weight is 478 g/mol. The highest BCUT2D eigenvalue weighted by atomic mass is 16.5. The maximum absolute atomic E-state index is 13.6. The molecule has 4 atom stereocenters. The fourth-order valence-corrected chi connectivity index (χ4v) is 5.28. The molecule has 9 heteroatoms. The molecule has 0 spiro atoms. The van der Waals surface area contributed by atoms with Gasteiger partial charge >= 0.3 is 12.0 Å². The van der Waals surface area contributed by atoms with E-state index in [1.165, 1.54) is 4.90 Å². The minimum absolute atomic E-state index is 0.0938. The van der Waals surface area contributed by atoms with E-state index in [2.05, 4.69) is 47.2 Å². The highest BCUT2D eigenvalue weighted by molar-refractivity contribution is 6.02. The number of esters is 1. The first-order valence-electron chi connectivity index (χ1n) is 12.0. The van der Waals surface area contributed by atoms with E-state index < -0.39 is 30.8 Å². The van der Waals surface area contributed by atoms with E-state index in [-0.39, 0.29) is 18.8 Å². The minimum atomic E-state index is -0.613. The van der Waals surface area contributed by atoms with Crippen LogP contribution in [0.4, 0.5) is 10.5 Å². The standard InChI is InChI=1S/C26H31N5O4/c1-17-8-7-11-20(12-17)29-13-18(2)14-30-22-23(27-25(29)30)28(3)26(34)31(24(22)33)15-21(32)35-16-19-9-5-4-6-10-19/h4-12,18,22-23,25,27H,13-16H2,1-3H3. The van der Waals surface area contributed by atoms with Gasteiger partial charge in [-0.1, -0.05) is 49.4 Å². The molecule has 0 aliphatic carbocycles. The van der Waals surface area contributed by atoms with Crippen molar-refractivity contribution < 1.29 is 19.1 Å². The van der Waals surface area contributed by atoms with Crippen molar-refractivity contribution in [1.29, 1.82) is 0 Å². The van der Waals surface area contributed by atoms with Crippen molar-refractivity contribution in [3.63, 3.8) is 0 Å². The third-order valence-electron chi connectivity index (χ3n) is 6.95. The van der Waals surface area contributed by atoms with Crippen molar-refractivity contribution in [3.05, 3.63) is 65.7 Å². The van der Waals surface area contributed by atoms with Crippen LogP contribution in [0, 0.1) is 12.8 Å². The second-order valence-corrected chi connectivity index (χ2v) is 9.69. The minimum Gasteiger partial charge on any atom is -0.459 e. The first-order chi connectivity index (χ1) is 16.8. The summed E-state index contributed by atoms with van der Waals surface area (Å²) in [5, 5.41) is 3.51. The van der Waals surface area contributed by atoms with Gasteiger partial charge in [0.05, 0.1) is 0 Å². The monoisotopic (exact) mass is 477 g/mol. The molecule has 3 aliphatic heterocycles. The molecule has 0 radical (unpaired) electrons. The van der Waals surface area contributed by atoms with E-state index >= 15 is 0 Å². The number of carbonyl (C=O) groups is 3. The van der Waals surface area contributed by atoms with Gasteiger partial charge in [-0.15, -0.1) is 0 Å². The molecule has 3 aliphatic rings. The number of urea groups is 1. The van der Waals surface area contributed by atoms with Crippen LogP contribution >= 0.6 is 0 Å². The van der Waals surface area contributed by atoms with Crippen LogP contribution in [0.1, 0.15) is 18.1 Å². The Balaban J connectivity index is 1.34. The summed E-state index contributed by atoms with van der Waals surface area (Å²) in [6.45, 7) is 5.44. The summed E-state index contributed by atoms with van der Waals surface area (Å²) < 4.78 is 5.34. The number of anilines is 1. The van der Waals surface area contributed by atoms with Crippen LogP contribution in [0.5, 0.6) is 0 Å². The summed E-state index contributed by atoms with van der Waals surface area (Å²) >= 11 is 0. The number of benzene rings is 2. The average Bonchev–Trinajstić information content (AvgIpc) is 3.23. The van der Waals surface area contributed by atoms with Crippen LogP contribution in [0.15, 0.2) is 54.6 Å². The number of nitrogens with zero attached hydrogens (tertiary/aromatic N) is 4. The lowest BCUT2D eigenvalue weighted by molar-refractivity contribution is -0.152. The molecule has 0 aromatic heterocycles. The van der Waals surface area contributed by atoms with Gasteiger partial charge in [0.2, 0.25) is 0 Å². The topological polar surface area (TPSA) is 85.4 Å². The Kier molecular flexibility index (Phi) is 6.21. The third kappa shape index (κ3) is 4.37. The van der Waals surface area contributed by atoms with E-state index in [0.29, 0.717) is 12.5 Å². The molecular weight excluding hydrogens is 446 g/mol. The molecule has 9 nitrogen and oxygen atoms in total. The van der Waals surface area contributed by atoms with Crippen molar-refractivity contribution in [2.75, 3.05) is 31.6 Å². The van der Waals surface area contributed by atoms with E-state index in [1.807, 2.05) is 36.4 Å². The van der Waals surface area contributed by atoms with Crippen LogP contribution in [-0.2, 0) is 20.9 Å². The summed E-state index contributed by atoms with van der Waals surface area (Å²) in [6, 6.07) is 16.5. The third-order valence-corrected chi connectivity index (χ3v) is 6.95. The van der Waals surface area contributed by atoms with Crippen LogP contribution in [0.3, 0.4) is 0 Å². The fourth-order valence-electron chi connectivity index (χ4n) is 5.28. The molecular formula is C26H31N5O4. The van der Waals surface area contributed by atoms with Crippen LogP contribution < -0.4 is 10.2 Å². The normalized spacial score (nSPS) is 26.5. The van der Waals surface area contributed by atoms with Gasteiger partial charge in [-0.25, -0.2) is 4.79 Å². The van der Waals surface area contributed by atoms with Gasteiger partial charge < -0.3 is 14.5 Å². The Morgan fingerprint density at radius 2 is 1.86 bits per heavy atom. The number of rotatable bonds is 5. The number of aryl methyl sites for hydroxylation is 1. The number of likely N-dealkylation sites (N-methyl/N-ethyl adjacent to an activating group) is 1. The number of nitrogens with one attached hydrogen (secondary N) is 1. The first-order valence-corrected chi connectivity index (χ1v) is 12.0. The zero-order valence-electron chi connectivity index (χ0n) is 20.3. The second-order valence-electron chi connectivity index (χ2n) is 9.69. The molecule has 5 rings (SSSR count). The van der Waals surface area contributed by atoms with Gasteiger partial charge in [-0.3, -0.25) is 24.7 Å². The maximum atomic E-state index is 13.6. The molecule has 4 unspecified atom stereocenters. The van der Waals surface area contributed by atoms with Gasteiger partial charge in [0.25, 0.3) is 5.91 Å². The van der Waals surface area contributed by atoms with Gasteiger partial charge in [0.15, 0.2) is 0 Å². The van der Waals surface area contributed by atoms with Crippen molar-refractivity contribution in [2.45, 2.75) is 39.0 Å². The van der Waals surface area contributed by atoms with Crippen molar-refractivity contribution in [2.24, 2.45) is 5.92 Å². The molecule has 3 heterocycles. The van der Waals surface area contributed by atoms with Gasteiger partial charge in [0, 0.05) is 25.8 Å². The summed E-state index contributed by atoms with van der Waals surface area (Å²) in [5.41, 5.74) is 3.07. The van der Waals surface area contributed by atoms with Gasteiger partial charge in [-0.05, 0) is 36.1 Å². The highest BCUT2D eigenvalue weighted by Gasteiger charge is 2.57. The number of fused-ring (bicyclic) bond motifs is 3. The summed E-state index contributed by atoms with van der Waals surface area (Å²) in [5.74, 6) is -0.673. The van der Waals surface area contributed by atoms with Crippen LogP contribution in [-0.4, -0.2) is 77.8 Å². The number of imide groups is 1. The molecule has 1 N–H and O–H groups in total. The molecule has 3 saturated heterocycles. The van der Waals surface area contributed by atoms with E-state index in [1.54, 1.807) is 7.05 Å². The lowest BCUT2D eigenvalue weighted by Crippen LogP contribution is -2.67. The smallest absolute Gasteiger partial charge is 0.328 e. The number of hydrogen-bond donors (Lipinski definition) is 1. The first kappa shape index (κ1) is 23.3. The quantitative estimate of drug-likeness (QED) is 0.659. The SMILES string of the molecule is Cc1cccc(N2CC(C)CN3C4C(=O)N(CC(=O)OCc5ccccc5)C(=O)N(C)C4NC23)c1. The largest absolute Gasteiger partial charge is 0.459 e. The number of carbonyl (C=O) groups excluding carboxylic acids is 3. The Morgan fingerprint density at radius 1 is 1.09 bits per heavy atom. The molecule has 0 bridgehead atoms. The van der Waals surface area contributed by atoms with Gasteiger partial charge in [0.1, 0.15) is 31.6 Å². The van der Waals surface area contributed by atoms with Crippen LogP contribution in [0.2, 0.25) is 0 Å². The predicted molar refractivity (Wildman–Crippen MR) is 130 cm³/mol. The van der Waals surface area contributed by atoms with E-state index in [0.717, 1.165) is 28.3 Å². The number of ether oxygens (including phenoxy) is 1. The summed E-state index contributed by atoms with van der Waals surface area (Å²) in [4.78, 5) is 46.2. The van der Waals surface area contributed by atoms with Crippen molar-refractivity contribution >= 4 is 23.6 Å². The molecule has 2 aromatic carbocycles. The summed E-state index contributed by atoms with van der Waals surface area (Å²) in [6.07, 6.45) is -0.707. The number of hydrogen-bond acceptors (Lipinski definition) is 7. The zero-order valence-corrected chi connectivity index (χ0v) is 20.3. The van der Waals surface area contributed by atoms with Crippen molar-refractivity contribution in [3.8, 4) is 0 Å². The molecule has 184 valence electrons. The maximum Gasteiger partial charge on any atom is 0.328 e. The second kappa shape index (κ2) is 9.31. The molecule has 0 saturated carbocycles. The van der Waals surface area contributed by atoms with Crippen molar-refractivity contribution in [1.82, 2.24) is 20.0 Å². The van der Waals surface area contributed by atoms with Gasteiger partial charge in [-0.2, -0.15) is 0 Å². The molecule has 3 fully saturated rings. The Morgan fingerprint density at radius 3 is 2.60 bits per heavy atom. The zero-order chi connectivity index (χ0) is 24.7. The summed E-state index contributed by atoms with van der Waals surface area (Å²) in [7, 11) is 1.67.